The van der Waals surface area contributed by atoms with Crippen molar-refractivity contribution in [1.82, 2.24) is 0 Å². The lowest BCUT2D eigenvalue weighted by atomic mass is 9.78. The van der Waals surface area contributed by atoms with Crippen molar-refractivity contribution in [2.75, 3.05) is 0 Å². The molecule has 1 fully saturated rings. The topological polar surface area (TPSA) is 17.1 Å². The molecular weight excluding hydrogens is 210 g/mol. The molecule has 0 aromatic carbocycles. The summed E-state index contributed by atoms with van der Waals surface area (Å²) in [4.78, 5) is 12.1. The molecule has 0 N–H and O–H groups in total. The fraction of sp³-hybridized carbons (Fsp3) is 0.923. The van der Waals surface area contributed by atoms with Crippen molar-refractivity contribution in [2.24, 2.45) is 11.8 Å². The van der Waals surface area contributed by atoms with E-state index in [1.165, 1.54) is 0 Å². The summed E-state index contributed by atoms with van der Waals surface area (Å²) in [5, 5.41) is 0. The summed E-state index contributed by atoms with van der Waals surface area (Å²) in [6.45, 7) is 4.07. The van der Waals surface area contributed by atoms with E-state index in [1.807, 2.05) is 6.92 Å². The highest BCUT2D eigenvalue weighted by atomic mass is 19.3. The summed E-state index contributed by atoms with van der Waals surface area (Å²) < 4.78 is 25.9. The molecule has 16 heavy (non-hydrogen) atoms. The van der Waals surface area contributed by atoms with Crippen LogP contribution < -0.4 is 0 Å². The third kappa shape index (κ3) is 3.53. The van der Waals surface area contributed by atoms with Gasteiger partial charge in [0.2, 0.25) is 5.92 Å². The number of carbonyl (C=O) groups excluding carboxylic acids is 1. The highest BCUT2D eigenvalue weighted by Gasteiger charge is 2.38. The van der Waals surface area contributed by atoms with Crippen LogP contribution in [0.5, 0.6) is 0 Å². The molecule has 0 saturated heterocycles. The van der Waals surface area contributed by atoms with E-state index in [-0.39, 0.29) is 30.5 Å². The fourth-order valence-corrected chi connectivity index (χ4v) is 2.55. The summed E-state index contributed by atoms with van der Waals surface area (Å²) in [5.74, 6) is -2.29. The number of halogens is 2. The minimum absolute atomic E-state index is 0.0988. The monoisotopic (exact) mass is 232 g/mol. The third-order valence-corrected chi connectivity index (χ3v) is 3.65. The van der Waals surface area contributed by atoms with Gasteiger partial charge < -0.3 is 0 Å². The van der Waals surface area contributed by atoms with Gasteiger partial charge in [-0.05, 0) is 25.7 Å². The molecule has 0 aromatic rings. The van der Waals surface area contributed by atoms with E-state index in [2.05, 4.69) is 6.92 Å². The smallest absolute Gasteiger partial charge is 0.248 e. The highest BCUT2D eigenvalue weighted by Crippen LogP contribution is 2.38. The van der Waals surface area contributed by atoms with Crippen LogP contribution in [-0.2, 0) is 4.79 Å². The predicted octanol–water partition coefficient (Wildman–Crippen LogP) is 4.21. The van der Waals surface area contributed by atoms with Crippen molar-refractivity contribution in [2.45, 2.75) is 64.7 Å². The van der Waals surface area contributed by atoms with Gasteiger partial charge in [-0.25, -0.2) is 8.78 Å². The predicted molar refractivity (Wildman–Crippen MR) is 60.6 cm³/mol. The van der Waals surface area contributed by atoms with E-state index in [0.717, 1.165) is 19.3 Å². The van der Waals surface area contributed by atoms with Crippen LogP contribution in [0.4, 0.5) is 8.78 Å². The van der Waals surface area contributed by atoms with Gasteiger partial charge in [-0.2, -0.15) is 0 Å². The molecule has 0 aromatic heterocycles. The van der Waals surface area contributed by atoms with E-state index in [9.17, 15) is 13.6 Å². The van der Waals surface area contributed by atoms with Crippen LogP contribution in [0.2, 0.25) is 0 Å². The van der Waals surface area contributed by atoms with Crippen molar-refractivity contribution >= 4 is 5.78 Å². The molecule has 1 unspecified atom stereocenters. The first kappa shape index (κ1) is 13.6. The van der Waals surface area contributed by atoms with Gasteiger partial charge in [0, 0.05) is 24.7 Å². The lowest BCUT2D eigenvalue weighted by Crippen LogP contribution is -2.31. The molecule has 94 valence electrons. The van der Waals surface area contributed by atoms with Crippen LogP contribution in [0.3, 0.4) is 0 Å². The Morgan fingerprint density at radius 1 is 1.31 bits per heavy atom. The molecule has 0 radical (unpaired) electrons. The fourth-order valence-electron chi connectivity index (χ4n) is 2.55. The Balaban J connectivity index is 2.49. The number of carbonyl (C=O) groups is 1. The van der Waals surface area contributed by atoms with Gasteiger partial charge in [-0.3, -0.25) is 4.79 Å². The lowest BCUT2D eigenvalue weighted by Gasteiger charge is -2.29. The maximum Gasteiger partial charge on any atom is 0.248 e. The number of ketones is 1. The average molecular weight is 232 g/mol. The first-order valence-electron chi connectivity index (χ1n) is 6.41. The lowest BCUT2D eigenvalue weighted by molar-refractivity contribution is -0.131. The molecule has 1 nitrogen and oxygen atoms in total. The van der Waals surface area contributed by atoms with Gasteiger partial charge in [0.05, 0.1) is 0 Å². The first-order chi connectivity index (χ1) is 7.50. The number of Topliss-reactive ketones (excluding diaryl/α,β-unsaturated/α-hetero) is 1. The van der Waals surface area contributed by atoms with Gasteiger partial charge in [0.1, 0.15) is 5.78 Å². The normalized spacial score (nSPS) is 23.0. The van der Waals surface area contributed by atoms with Crippen molar-refractivity contribution in [1.29, 1.82) is 0 Å². The second-order valence-corrected chi connectivity index (χ2v) is 4.93. The van der Waals surface area contributed by atoms with Gasteiger partial charge >= 0.3 is 0 Å². The zero-order valence-corrected chi connectivity index (χ0v) is 10.3. The average Bonchev–Trinajstić information content (AvgIpc) is 2.25. The van der Waals surface area contributed by atoms with E-state index >= 15 is 0 Å². The molecular formula is C13H22F2O. The zero-order valence-electron chi connectivity index (χ0n) is 10.3. The molecule has 0 aliphatic heterocycles. The maximum atomic E-state index is 13.0. The maximum absolute atomic E-state index is 13.0. The summed E-state index contributed by atoms with van der Waals surface area (Å²) in [6.07, 6.45) is 3.30. The summed E-state index contributed by atoms with van der Waals surface area (Å²) in [5.41, 5.74) is 0. The molecule has 1 aliphatic carbocycles. The Labute approximate surface area is 96.6 Å². The minimum atomic E-state index is -2.52. The van der Waals surface area contributed by atoms with Crippen LogP contribution >= 0.6 is 0 Å². The molecule has 0 heterocycles. The van der Waals surface area contributed by atoms with Crippen molar-refractivity contribution in [3.05, 3.63) is 0 Å². The van der Waals surface area contributed by atoms with Gasteiger partial charge in [0.15, 0.2) is 0 Å². The van der Waals surface area contributed by atoms with E-state index < -0.39 is 5.92 Å². The Morgan fingerprint density at radius 2 is 1.88 bits per heavy atom. The van der Waals surface area contributed by atoms with E-state index in [0.29, 0.717) is 12.8 Å². The Kier molecular flexibility index (Phi) is 4.88. The van der Waals surface area contributed by atoms with Crippen molar-refractivity contribution < 1.29 is 13.6 Å². The Morgan fingerprint density at radius 3 is 2.31 bits per heavy atom. The van der Waals surface area contributed by atoms with Gasteiger partial charge in [-0.1, -0.05) is 20.3 Å². The largest absolute Gasteiger partial charge is 0.299 e. The SMILES string of the molecule is CCCC(CC)C(=O)C1CCC(F)(F)CC1. The van der Waals surface area contributed by atoms with Crippen molar-refractivity contribution in [3.63, 3.8) is 0 Å². The first-order valence-corrected chi connectivity index (χ1v) is 6.41. The van der Waals surface area contributed by atoms with Gasteiger partial charge in [-0.15, -0.1) is 0 Å². The quantitative estimate of drug-likeness (QED) is 0.694. The number of hydrogen-bond acceptors (Lipinski definition) is 1. The Hall–Kier alpha value is -0.470. The molecule has 1 saturated carbocycles. The Bertz CT molecular complexity index is 228. The molecule has 3 heteroatoms. The molecule has 0 spiro atoms. The van der Waals surface area contributed by atoms with Crippen LogP contribution in [-0.4, -0.2) is 11.7 Å². The minimum Gasteiger partial charge on any atom is -0.299 e. The zero-order chi connectivity index (χ0) is 12.2. The molecule has 0 bridgehead atoms. The number of rotatable bonds is 5. The molecule has 1 aliphatic rings. The molecule has 0 amide bonds. The van der Waals surface area contributed by atoms with E-state index in [1.54, 1.807) is 0 Å². The van der Waals surface area contributed by atoms with Crippen LogP contribution in [0.15, 0.2) is 0 Å². The highest BCUT2D eigenvalue weighted by molar-refractivity contribution is 5.83. The van der Waals surface area contributed by atoms with Crippen LogP contribution in [0, 0.1) is 11.8 Å². The van der Waals surface area contributed by atoms with Crippen LogP contribution in [0.1, 0.15) is 58.8 Å². The number of hydrogen-bond donors (Lipinski definition) is 0. The number of alkyl halides is 2. The summed E-state index contributed by atoms with van der Waals surface area (Å²) in [6, 6.07) is 0. The standard InChI is InChI=1S/C13H22F2O/c1-3-5-10(4-2)12(16)11-6-8-13(14,15)9-7-11/h10-11H,3-9H2,1-2H3. The molecule has 1 rings (SSSR count). The third-order valence-electron chi connectivity index (χ3n) is 3.65. The van der Waals surface area contributed by atoms with E-state index in [4.69, 9.17) is 0 Å². The summed E-state index contributed by atoms with van der Waals surface area (Å²) >= 11 is 0. The summed E-state index contributed by atoms with van der Waals surface area (Å²) in [7, 11) is 0. The second kappa shape index (κ2) is 5.74. The van der Waals surface area contributed by atoms with Crippen molar-refractivity contribution in [3.8, 4) is 0 Å². The molecule has 1 atom stereocenters. The van der Waals surface area contributed by atoms with Crippen LogP contribution in [0.25, 0.3) is 0 Å². The second-order valence-electron chi connectivity index (χ2n) is 4.93. The van der Waals surface area contributed by atoms with Gasteiger partial charge in [0.25, 0.3) is 0 Å².